The molecule has 7 heteroatoms. The normalized spacial score (nSPS) is 23.7. The number of hydrogen-bond donors (Lipinski definition) is 3. The average Bonchev–Trinajstić information content (AvgIpc) is 3.12. The fourth-order valence-corrected chi connectivity index (χ4v) is 4.01. The number of piperidine rings is 1. The standard InChI is InChI=1S/C19H27FN4O2/c20-14-4-6-15(7-5-14)22-19(26)23-16-8-10-24(11-9-16)18(25)17-3-1-2-13(17)12-21/h4-7,13,16-17H,1-3,8-12,21H2,(H2,22,23,26)/t13-,17-/m1/s1. The molecule has 6 nitrogen and oxygen atoms in total. The summed E-state index contributed by atoms with van der Waals surface area (Å²) in [6.45, 7) is 1.90. The maximum Gasteiger partial charge on any atom is 0.319 e. The van der Waals surface area contributed by atoms with E-state index < -0.39 is 0 Å². The highest BCUT2D eigenvalue weighted by molar-refractivity contribution is 5.89. The van der Waals surface area contributed by atoms with Crippen molar-refractivity contribution in [2.24, 2.45) is 17.6 Å². The summed E-state index contributed by atoms with van der Waals surface area (Å²) < 4.78 is 12.9. The zero-order valence-corrected chi connectivity index (χ0v) is 14.9. The minimum atomic E-state index is -0.341. The molecule has 1 aromatic carbocycles. The largest absolute Gasteiger partial charge is 0.342 e. The number of rotatable bonds is 4. The van der Waals surface area contributed by atoms with Crippen LogP contribution in [0.3, 0.4) is 0 Å². The number of nitrogens with one attached hydrogen (secondary N) is 2. The molecule has 1 aliphatic carbocycles. The summed E-state index contributed by atoms with van der Waals surface area (Å²) in [5.41, 5.74) is 6.34. The van der Waals surface area contributed by atoms with Crippen LogP contribution in [0.15, 0.2) is 24.3 Å². The van der Waals surface area contributed by atoms with Crippen LogP contribution >= 0.6 is 0 Å². The van der Waals surface area contributed by atoms with Crippen LogP contribution in [-0.4, -0.2) is 42.5 Å². The van der Waals surface area contributed by atoms with Crippen molar-refractivity contribution in [1.29, 1.82) is 0 Å². The predicted octanol–water partition coefficient (Wildman–Crippen LogP) is 2.31. The number of likely N-dealkylation sites (tertiary alicyclic amines) is 1. The third-order valence-electron chi connectivity index (χ3n) is 5.52. The summed E-state index contributed by atoms with van der Waals surface area (Å²) in [5, 5.41) is 5.63. The Morgan fingerprint density at radius 3 is 2.46 bits per heavy atom. The van der Waals surface area contributed by atoms with Crippen molar-refractivity contribution in [3.63, 3.8) is 0 Å². The zero-order valence-electron chi connectivity index (χ0n) is 14.9. The highest BCUT2D eigenvalue weighted by atomic mass is 19.1. The molecule has 3 amide bonds. The Kier molecular flexibility index (Phi) is 6.08. The number of urea groups is 1. The predicted molar refractivity (Wildman–Crippen MR) is 98.0 cm³/mol. The Labute approximate surface area is 153 Å². The van der Waals surface area contributed by atoms with Crippen molar-refractivity contribution in [2.45, 2.75) is 38.1 Å². The van der Waals surface area contributed by atoms with Crippen molar-refractivity contribution >= 4 is 17.6 Å². The molecular formula is C19H27FN4O2. The van der Waals surface area contributed by atoms with Crippen LogP contribution in [0, 0.1) is 17.7 Å². The van der Waals surface area contributed by atoms with E-state index in [1.807, 2.05) is 4.90 Å². The van der Waals surface area contributed by atoms with Crippen molar-refractivity contribution in [3.05, 3.63) is 30.1 Å². The molecule has 2 fully saturated rings. The van der Waals surface area contributed by atoms with Crippen molar-refractivity contribution < 1.29 is 14.0 Å². The van der Waals surface area contributed by atoms with Gasteiger partial charge in [-0.25, -0.2) is 9.18 Å². The van der Waals surface area contributed by atoms with Gasteiger partial charge < -0.3 is 21.3 Å². The molecule has 1 saturated heterocycles. The first-order valence-electron chi connectivity index (χ1n) is 9.38. The fraction of sp³-hybridized carbons (Fsp3) is 0.579. The van der Waals surface area contributed by atoms with E-state index in [9.17, 15) is 14.0 Å². The topological polar surface area (TPSA) is 87.5 Å². The molecule has 0 unspecified atom stereocenters. The monoisotopic (exact) mass is 362 g/mol. The summed E-state index contributed by atoms with van der Waals surface area (Å²) in [6, 6.07) is 5.38. The first-order valence-corrected chi connectivity index (χ1v) is 9.38. The molecule has 142 valence electrons. The van der Waals surface area contributed by atoms with Gasteiger partial charge in [0.15, 0.2) is 0 Å². The van der Waals surface area contributed by atoms with Crippen molar-refractivity contribution in [1.82, 2.24) is 10.2 Å². The Morgan fingerprint density at radius 2 is 1.81 bits per heavy atom. The van der Waals surface area contributed by atoms with E-state index in [1.54, 1.807) is 0 Å². The number of carbonyl (C=O) groups excluding carboxylic acids is 2. The quantitative estimate of drug-likeness (QED) is 0.768. The molecule has 26 heavy (non-hydrogen) atoms. The minimum absolute atomic E-state index is 0.0355. The van der Waals surface area contributed by atoms with E-state index in [0.717, 1.165) is 32.1 Å². The zero-order chi connectivity index (χ0) is 18.5. The third kappa shape index (κ3) is 4.52. The first kappa shape index (κ1) is 18.6. The first-order chi connectivity index (χ1) is 12.6. The third-order valence-corrected chi connectivity index (χ3v) is 5.52. The number of halogens is 1. The van der Waals surface area contributed by atoms with Crippen LogP contribution < -0.4 is 16.4 Å². The van der Waals surface area contributed by atoms with Gasteiger partial charge in [-0.1, -0.05) is 6.42 Å². The van der Waals surface area contributed by atoms with Gasteiger partial charge in [0.1, 0.15) is 5.82 Å². The van der Waals surface area contributed by atoms with Gasteiger partial charge >= 0.3 is 6.03 Å². The lowest BCUT2D eigenvalue weighted by Crippen LogP contribution is -2.49. The maximum atomic E-state index is 12.9. The molecular weight excluding hydrogens is 335 g/mol. The maximum absolute atomic E-state index is 12.9. The van der Waals surface area contributed by atoms with Gasteiger partial charge in [0, 0.05) is 30.7 Å². The lowest BCUT2D eigenvalue weighted by atomic mass is 9.93. The van der Waals surface area contributed by atoms with Crippen LogP contribution in [0.2, 0.25) is 0 Å². The summed E-state index contributed by atoms with van der Waals surface area (Å²) in [6.07, 6.45) is 4.55. The smallest absolute Gasteiger partial charge is 0.319 e. The van der Waals surface area contributed by atoms with E-state index in [1.165, 1.54) is 24.3 Å². The lowest BCUT2D eigenvalue weighted by Gasteiger charge is -2.35. The molecule has 0 radical (unpaired) electrons. The number of amides is 3. The van der Waals surface area contributed by atoms with E-state index in [-0.39, 0.29) is 29.7 Å². The van der Waals surface area contributed by atoms with Gasteiger partial charge in [-0.05, 0) is 62.4 Å². The molecule has 2 aliphatic rings. The lowest BCUT2D eigenvalue weighted by molar-refractivity contribution is -0.137. The number of carbonyl (C=O) groups is 2. The molecule has 4 N–H and O–H groups in total. The Bertz CT molecular complexity index is 629. The SMILES string of the molecule is NC[C@H]1CCC[C@H]1C(=O)N1CCC(NC(=O)Nc2ccc(F)cc2)CC1. The highest BCUT2D eigenvalue weighted by Gasteiger charge is 2.36. The number of nitrogens with two attached hydrogens (primary N) is 1. The Morgan fingerprint density at radius 1 is 1.12 bits per heavy atom. The van der Waals surface area contributed by atoms with Crippen molar-refractivity contribution in [2.75, 3.05) is 25.0 Å². The van der Waals surface area contributed by atoms with Gasteiger partial charge in [0.2, 0.25) is 5.91 Å². The molecule has 0 bridgehead atoms. The van der Waals surface area contributed by atoms with Crippen LogP contribution in [0.25, 0.3) is 0 Å². The second-order valence-corrected chi connectivity index (χ2v) is 7.24. The molecule has 1 aliphatic heterocycles. The molecule has 3 rings (SSSR count). The van der Waals surface area contributed by atoms with E-state index in [2.05, 4.69) is 10.6 Å². The van der Waals surface area contributed by atoms with Gasteiger partial charge in [0.25, 0.3) is 0 Å². The summed E-state index contributed by atoms with van der Waals surface area (Å²) >= 11 is 0. The molecule has 0 spiro atoms. The van der Waals surface area contributed by atoms with Gasteiger partial charge in [-0.3, -0.25) is 4.79 Å². The molecule has 0 aromatic heterocycles. The van der Waals surface area contributed by atoms with Crippen LogP contribution in [0.4, 0.5) is 14.9 Å². The van der Waals surface area contributed by atoms with Crippen LogP contribution in [0.1, 0.15) is 32.1 Å². The van der Waals surface area contributed by atoms with E-state index in [4.69, 9.17) is 5.73 Å². The minimum Gasteiger partial charge on any atom is -0.342 e. The summed E-state index contributed by atoms with van der Waals surface area (Å²) in [7, 11) is 0. The number of anilines is 1. The van der Waals surface area contributed by atoms with Gasteiger partial charge in [0.05, 0.1) is 0 Å². The van der Waals surface area contributed by atoms with E-state index in [0.29, 0.717) is 31.2 Å². The summed E-state index contributed by atoms with van der Waals surface area (Å²) in [5.74, 6) is 0.283. The number of nitrogens with zero attached hydrogens (tertiary/aromatic N) is 1. The Balaban J connectivity index is 1.44. The molecule has 1 heterocycles. The average molecular weight is 362 g/mol. The van der Waals surface area contributed by atoms with Crippen LogP contribution in [0.5, 0.6) is 0 Å². The highest BCUT2D eigenvalue weighted by Crippen LogP contribution is 2.33. The second-order valence-electron chi connectivity index (χ2n) is 7.24. The number of benzene rings is 1. The number of hydrogen-bond acceptors (Lipinski definition) is 3. The van der Waals surface area contributed by atoms with Gasteiger partial charge in [-0.15, -0.1) is 0 Å². The fourth-order valence-electron chi connectivity index (χ4n) is 4.01. The van der Waals surface area contributed by atoms with Crippen molar-refractivity contribution in [3.8, 4) is 0 Å². The van der Waals surface area contributed by atoms with E-state index >= 15 is 0 Å². The Hall–Kier alpha value is -2.15. The second kappa shape index (κ2) is 8.49. The molecule has 1 saturated carbocycles. The summed E-state index contributed by atoms with van der Waals surface area (Å²) in [4.78, 5) is 26.7. The molecule has 2 atom stereocenters. The van der Waals surface area contributed by atoms with Crippen LogP contribution in [-0.2, 0) is 4.79 Å². The molecule has 1 aromatic rings. The van der Waals surface area contributed by atoms with Gasteiger partial charge in [-0.2, -0.15) is 0 Å².